The number of carbonyl (C=O) groups excluding carboxylic acids is 2. The van der Waals surface area contributed by atoms with E-state index in [9.17, 15) is 18.0 Å². The van der Waals surface area contributed by atoms with Crippen LogP contribution in [0.1, 0.15) is 25.0 Å². The van der Waals surface area contributed by atoms with Crippen LogP contribution in [-0.2, 0) is 32.6 Å². The molecule has 0 spiro atoms. The minimum Gasteiger partial charge on any atom is -0.343 e. The Labute approximate surface area is 227 Å². The minimum atomic E-state index is -4.21. The molecule has 4 aromatic rings. The van der Waals surface area contributed by atoms with E-state index in [1.807, 2.05) is 50.2 Å². The largest absolute Gasteiger partial charge is 0.343 e. The number of benzene rings is 3. The molecule has 1 atom stereocenters. The SMILES string of the molecule is CCN(CC)C(=O)C(Cc1cnn(Cc2ccccc2Cl)c1)C(=O)NS(=O)(=O)c1ccc2ccccc2c1. The predicted molar refractivity (Wildman–Crippen MR) is 147 cm³/mol. The highest BCUT2D eigenvalue weighted by Gasteiger charge is 2.33. The van der Waals surface area contributed by atoms with Gasteiger partial charge in [0.25, 0.3) is 10.0 Å². The molecule has 0 bridgehead atoms. The van der Waals surface area contributed by atoms with Crippen molar-refractivity contribution in [1.29, 1.82) is 0 Å². The Morgan fingerprint density at radius 3 is 2.39 bits per heavy atom. The first-order valence-electron chi connectivity index (χ1n) is 12.3. The maximum absolute atomic E-state index is 13.3. The third-order valence-electron chi connectivity index (χ3n) is 6.37. The van der Waals surface area contributed by atoms with Crippen molar-refractivity contribution in [2.45, 2.75) is 31.7 Å². The second kappa shape index (κ2) is 11.8. The van der Waals surface area contributed by atoms with Crippen molar-refractivity contribution in [2.24, 2.45) is 5.92 Å². The van der Waals surface area contributed by atoms with Crippen molar-refractivity contribution in [3.8, 4) is 0 Å². The van der Waals surface area contributed by atoms with Crippen LogP contribution < -0.4 is 4.72 Å². The topological polar surface area (TPSA) is 101 Å². The zero-order valence-corrected chi connectivity index (χ0v) is 22.7. The van der Waals surface area contributed by atoms with Gasteiger partial charge in [-0.3, -0.25) is 14.3 Å². The summed E-state index contributed by atoms with van der Waals surface area (Å²) in [6.07, 6.45) is 3.30. The van der Waals surface area contributed by atoms with E-state index in [2.05, 4.69) is 9.82 Å². The summed E-state index contributed by atoms with van der Waals surface area (Å²) >= 11 is 6.26. The van der Waals surface area contributed by atoms with Gasteiger partial charge in [-0.05, 0) is 60.4 Å². The quantitative estimate of drug-likeness (QED) is 0.296. The average molecular weight is 553 g/mol. The van der Waals surface area contributed by atoms with Crippen molar-refractivity contribution >= 4 is 44.2 Å². The summed E-state index contributed by atoms with van der Waals surface area (Å²) in [5.41, 5.74) is 1.50. The highest BCUT2D eigenvalue weighted by molar-refractivity contribution is 7.90. The summed E-state index contributed by atoms with van der Waals surface area (Å²) in [4.78, 5) is 28.1. The molecule has 3 aromatic carbocycles. The van der Waals surface area contributed by atoms with Gasteiger partial charge < -0.3 is 4.90 Å². The van der Waals surface area contributed by atoms with E-state index in [0.717, 1.165) is 16.3 Å². The number of carbonyl (C=O) groups is 2. The molecule has 0 fully saturated rings. The lowest BCUT2D eigenvalue weighted by Crippen LogP contribution is -2.46. The third-order valence-corrected chi connectivity index (χ3v) is 8.09. The van der Waals surface area contributed by atoms with Crippen LogP contribution in [0, 0.1) is 5.92 Å². The fraction of sp³-hybridized carbons (Fsp3) is 0.250. The van der Waals surface area contributed by atoms with E-state index >= 15 is 0 Å². The Morgan fingerprint density at radius 1 is 1.00 bits per heavy atom. The smallest absolute Gasteiger partial charge is 0.264 e. The van der Waals surface area contributed by atoms with Gasteiger partial charge in [-0.1, -0.05) is 60.1 Å². The summed E-state index contributed by atoms with van der Waals surface area (Å²) in [6.45, 7) is 4.81. The average Bonchev–Trinajstić information content (AvgIpc) is 3.35. The van der Waals surface area contributed by atoms with Crippen molar-refractivity contribution in [2.75, 3.05) is 13.1 Å². The van der Waals surface area contributed by atoms with Gasteiger partial charge in [-0.25, -0.2) is 13.1 Å². The van der Waals surface area contributed by atoms with E-state index in [1.165, 1.54) is 17.0 Å². The Kier molecular flexibility index (Phi) is 8.48. The molecule has 1 N–H and O–H groups in total. The van der Waals surface area contributed by atoms with E-state index in [4.69, 9.17) is 11.6 Å². The molecule has 1 unspecified atom stereocenters. The lowest BCUT2D eigenvalue weighted by atomic mass is 9.99. The van der Waals surface area contributed by atoms with Gasteiger partial charge in [0.1, 0.15) is 5.92 Å². The highest BCUT2D eigenvalue weighted by atomic mass is 35.5. The molecule has 4 rings (SSSR count). The van der Waals surface area contributed by atoms with Crippen LogP contribution in [0.4, 0.5) is 0 Å². The summed E-state index contributed by atoms with van der Waals surface area (Å²) in [5.74, 6) is -2.57. The first-order chi connectivity index (χ1) is 18.2. The molecular weight excluding hydrogens is 524 g/mol. The number of sulfonamides is 1. The molecule has 1 aromatic heterocycles. The van der Waals surface area contributed by atoms with Crippen LogP contribution >= 0.6 is 11.6 Å². The maximum atomic E-state index is 13.3. The van der Waals surface area contributed by atoms with Crippen molar-refractivity contribution in [1.82, 2.24) is 19.4 Å². The van der Waals surface area contributed by atoms with Crippen LogP contribution in [0.15, 0.2) is 84.0 Å². The molecule has 0 radical (unpaired) electrons. The standard InChI is InChI=1S/C28H29ClN4O4S/c1-3-32(4-2)28(35)25(15-20-17-30-33(18-20)19-23-11-7-8-12-26(23)29)27(34)31-38(36,37)24-14-13-21-9-5-6-10-22(21)16-24/h5-14,16-18,25H,3-4,15,19H2,1-2H3,(H,31,34). The zero-order chi connectivity index (χ0) is 27.3. The number of halogens is 1. The minimum absolute atomic E-state index is 0.00305. The maximum Gasteiger partial charge on any atom is 0.264 e. The number of nitrogens with one attached hydrogen (secondary N) is 1. The second-order valence-corrected chi connectivity index (χ2v) is 11.0. The molecule has 0 aliphatic heterocycles. The number of fused-ring (bicyclic) bond motifs is 1. The lowest BCUT2D eigenvalue weighted by Gasteiger charge is -2.24. The summed E-state index contributed by atoms with van der Waals surface area (Å²) in [7, 11) is -4.21. The number of hydrogen-bond donors (Lipinski definition) is 1. The molecular formula is C28H29ClN4O4S. The normalized spacial score (nSPS) is 12.3. The van der Waals surface area contributed by atoms with Gasteiger partial charge >= 0.3 is 0 Å². The Morgan fingerprint density at radius 2 is 1.68 bits per heavy atom. The molecule has 0 saturated carbocycles. The van der Waals surface area contributed by atoms with Gasteiger partial charge in [0.2, 0.25) is 11.8 Å². The van der Waals surface area contributed by atoms with E-state index in [1.54, 1.807) is 35.3 Å². The highest BCUT2D eigenvalue weighted by Crippen LogP contribution is 2.21. The van der Waals surface area contributed by atoms with Crippen LogP contribution in [0.2, 0.25) is 5.02 Å². The number of hydrogen-bond acceptors (Lipinski definition) is 5. The molecule has 0 aliphatic rings. The molecule has 0 aliphatic carbocycles. The predicted octanol–water partition coefficient (Wildman–Crippen LogP) is 4.27. The Hall–Kier alpha value is -3.69. The van der Waals surface area contributed by atoms with Crippen molar-refractivity contribution < 1.29 is 18.0 Å². The number of amides is 2. The molecule has 0 saturated heterocycles. The van der Waals surface area contributed by atoms with Crippen molar-refractivity contribution in [3.05, 3.63) is 95.3 Å². The number of aromatic nitrogens is 2. The molecule has 2 amide bonds. The van der Waals surface area contributed by atoms with Gasteiger partial charge in [0.05, 0.1) is 17.6 Å². The first kappa shape index (κ1) is 27.3. The Bertz CT molecular complexity index is 1560. The molecule has 38 heavy (non-hydrogen) atoms. The summed E-state index contributed by atoms with van der Waals surface area (Å²) in [5, 5.41) is 6.55. The molecule has 8 nitrogen and oxygen atoms in total. The molecule has 10 heteroatoms. The Balaban J connectivity index is 1.57. The monoisotopic (exact) mass is 552 g/mol. The van der Waals surface area contributed by atoms with Gasteiger partial charge in [-0.15, -0.1) is 0 Å². The van der Waals surface area contributed by atoms with Crippen LogP contribution in [0.3, 0.4) is 0 Å². The van der Waals surface area contributed by atoms with Gasteiger partial charge in [0, 0.05) is 24.3 Å². The summed E-state index contributed by atoms with van der Waals surface area (Å²) in [6, 6.07) is 19.4. The van der Waals surface area contributed by atoms with E-state index in [0.29, 0.717) is 30.2 Å². The van der Waals surface area contributed by atoms with Crippen LogP contribution in [0.5, 0.6) is 0 Å². The number of rotatable bonds is 10. The molecule has 198 valence electrons. The van der Waals surface area contributed by atoms with Crippen LogP contribution in [0.25, 0.3) is 10.8 Å². The number of nitrogens with zero attached hydrogens (tertiary/aromatic N) is 3. The fourth-order valence-corrected chi connectivity index (χ4v) is 5.53. The first-order valence-corrected chi connectivity index (χ1v) is 14.2. The third kappa shape index (κ3) is 6.23. The lowest BCUT2D eigenvalue weighted by molar-refractivity contribution is -0.141. The second-order valence-electron chi connectivity index (χ2n) is 8.88. The fourth-order valence-electron chi connectivity index (χ4n) is 4.28. The zero-order valence-electron chi connectivity index (χ0n) is 21.2. The van der Waals surface area contributed by atoms with Gasteiger partial charge in [-0.2, -0.15) is 5.10 Å². The summed E-state index contributed by atoms with van der Waals surface area (Å²) < 4.78 is 30.1. The molecule has 1 heterocycles. The van der Waals surface area contributed by atoms with E-state index < -0.39 is 27.8 Å². The van der Waals surface area contributed by atoms with E-state index in [-0.39, 0.29) is 11.3 Å². The van der Waals surface area contributed by atoms with Crippen LogP contribution in [-0.4, -0.2) is 48.0 Å². The van der Waals surface area contributed by atoms with Crippen molar-refractivity contribution in [3.63, 3.8) is 0 Å². The van der Waals surface area contributed by atoms with Gasteiger partial charge in [0.15, 0.2) is 0 Å².